The van der Waals surface area contributed by atoms with Gasteiger partial charge in [0.1, 0.15) is 17.5 Å². The van der Waals surface area contributed by atoms with Crippen molar-refractivity contribution in [2.75, 3.05) is 11.1 Å². The molecule has 0 aliphatic heterocycles. The first-order chi connectivity index (χ1) is 8.04. The maximum absolute atomic E-state index is 13.0. The van der Waals surface area contributed by atoms with Crippen molar-refractivity contribution < 1.29 is 8.78 Å². The molecule has 0 aliphatic carbocycles. The highest BCUT2D eigenvalue weighted by Crippen LogP contribution is 2.24. The van der Waals surface area contributed by atoms with Crippen LogP contribution in [0.2, 0.25) is 0 Å². The predicted molar refractivity (Wildman–Crippen MR) is 63.8 cm³/mol. The van der Waals surface area contributed by atoms with E-state index in [4.69, 9.17) is 5.73 Å². The lowest BCUT2D eigenvalue weighted by atomic mass is 10.3. The lowest BCUT2D eigenvalue weighted by Crippen LogP contribution is -2.01. The summed E-state index contributed by atoms with van der Waals surface area (Å²) in [5, 5.41) is 2.74. The van der Waals surface area contributed by atoms with Crippen LogP contribution < -0.4 is 11.1 Å². The van der Waals surface area contributed by atoms with Gasteiger partial charge in [-0.05, 0) is 28.1 Å². The van der Waals surface area contributed by atoms with Crippen LogP contribution in [0, 0.1) is 11.6 Å². The summed E-state index contributed by atoms with van der Waals surface area (Å²) in [6.07, 6.45) is 1.44. The molecule has 0 amide bonds. The molecule has 1 heterocycles. The van der Waals surface area contributed by atoms with E-state index < -0.39 is 11.6 Å². The minimum Gasteiger partial charge on any atom is -0.368 e. The van der Waals surface area contributed by atoms with Gasteiger partial charge in [0.05, 0.1) is 4.47 Å². The molecule has 1 aromatic heterocycles. The highest BCUT2D eigenvalue weighted by atomic mass is 79.9. The first-order valence-corrected chi connectivity index (χ1v) is 5.35. The molecule has 17 heavy (non-hydrogen) atoms. The smallest absolute Gasteiger partial charge is 0.222 e. The molecule has 3 N–H and O–H groups in total. The van der Waals surface area contributed by atoms with E-state index in [2.05, 4.69) is 31.2 Å². The topological polar surface area (TPSA) is 63.8 Å². The zero-order chi connectivity index (χ0) is 12.4. The Morgan fingerprint density at radius 3 is 2.47 bits per heavy atom. The van der Waals surface area contributed by atoms with Crippen molar-refractivity contribution in [1.82, 2.24) is 9.97 Å². The maximum Gasteiger partial charge on any atom is 0.222 e. The monoisotopic (exact) mass is 300 g/mol. The third-order valence-electron chi connectivity index (χ3n) is 1.89. The summed E-state index contributed by atoms with van der Waals surface area (Å²) < 4.78 is 26.5. The third kappa shape index (κ3) is 2.88. The van der Waals surface area contributed by atoms with Gasteiger partial charge in [-0.15, -0.1) is 0 Å². The fraction of sp³-hybridized carbons (Fsp3) is 0. The number of benzene rings is 1. The molecule has 0 unspecified atom stereocenters. The van der Waals surface area contributed by atoms with E-state index in [0.29, 0.717) is 10.3 Å². The van der Waals surface area contributed by atoms with Crippen LogP contribution in [0.25, 0.3) is 0 Å². The molecule has 2 aromatic rings. The summed E-state index contributed by atoms with van der Waals surface area (Å²) in [7, 11) is 0. The molecule has 0 spiro atoms. The Hall–Kier alpha value is -1.76. The molecule has 1 aromatic carbocycles. The quantitative estimate of drug-likeness (QED) is 0.895. The molecule has 7 heteroatoms. The minimum absolute atomic E-state index is 0.0626. The van der Waals surface area contributed by atoms with E-state index in [-0.39, 0.29) is 11.6 Å². The summed E-state index contributed by atoms with van der Waals surface area (Å²) in [4.78, 5) is 7.64. The van der Waals surface area contributed by atoms with Crippen molar-refractivity contribution in [3.63, 3.8) is 0 Å². The van der Waals surface area contributed by atoms with Gasteiger partial charge in [0, 0.05) is 18.0 Å². The number of aromatic nitrogens is 2. The fourth-order valence-electron chi connectivity index (χ4n) is 1.23. The zero-order valence-electron chi connectivity index (χ0n) is 8.42. The molecule has 0 aliphatic rings. The number of hydrogen-bond donors (Lipinski definition) is 2. The summed E-state index contributed by atoms with van der Waals surface area (Å²) in [5.74, 6) is -0.952. The van der Waals surface area contributed by atoms with Crippen molar-refractivity contribution in [2.24, 2.45) is 0 Å². The standard InChI is InChI=1S/C10H7BrF2N4/c11-8-4-15-10(14)17-9(8)16-7-2-5(12)1-6(13)3-7/h1-4H,(H3,14,15,16,17). The Balaban J connectivity index is 2.34. The van der Waals surface area contributed by atoms with Crippen molar-refractivity contribution >= 4 is 33.4 Å². The van der Waals surface area contributed by atoms with E-state index in [1.165, 1.54) is 6.20 Å². The number of rotatable bonds is 2. The first-order valence-electron chi connectivity index (χ1n) is 4.56. The largest absolute Gasteiger partial charge is 0.368 e. The second kappa shape index (κ2) is 4.62. The number of anilines is 3. The summed E-state index contributed by atoms with van der Waals surface area (Å²) in [6, 6.07) is 3.08. The van der Waals surface area contributed by atoms with E-state index in [0.717, 1.165) is 18.2 Å². The summed E-state index contributed by atoms with van der Waals surface area (Å²) in [6.45, 7) is 0. The second-order valence-electron chi connectivity index (χ2n) is 3.21. The van der Waals surface area contributed by atoms with Crippen LogP contribution in [0.1, 0.15) is 0 Å². The Labute approximate surface area is 104 Å². The molecule has 88 valence electrons. The zero-order valence-corrected chi connectivity index (χ0v) is 10.0. The van der Waals surface area contributed by atoms with Gasteiger partial charge in [0.25, 0.3) is 0 Å². The number of nitrogen functional groups attached to an aromatic ring is 1. The van der Waals surface area contributed by atoms with Crippen molar-refractivity contribution in [1.29, 1.82) is 0 Å². The Bertz CT molecular complexity index is 542. The Morgan fingerprint density at radius 2 is 1.82 bits per heavy atom. The van der Waals surface area contributed by atoms with Gasteiger partial charge in [0.2, 0.25) is 5.95 Å². The molecule has 0 saturated heterocycles. The van der Waals surface area contributed by atoms with Crippen LogP contribution in [0.4, 0.5) is 26.2 Å². The Kier molecular flexibility index (Phi) is 3.19. The fourth-order valence-corrected chi connectivity index (χ4v) is 1.52. The van der Waals surface area contributed by atoms with E-state index in [1.807, 2.05) is 0 Å². The van der Waals surface area contributed by atoms with Crippen molar-refractivity contribution in [3.05, 3.63) is 40.5 Å². The summed E-state index contributed by atoms with van der Waals surface area (Å²) in [5.41, 5.74) is 5.65. The van der Waals surface area contributed by atoms with Crippen LogP contribution in [-0.4, -0.2) is 9.97 Å². The van der Waals surface area contributed by atoms with Crippen LogP contribution >= 0.6 is 15.9 Å². The molecule has 0 fully saturated rings. The number of nitrogens with zero attached hydrogens (tertiary/aromatic N) is 2. The molecule has 0 atom stereocenters. The van der Waals surface area contributed by atoms with Gasteiger partial charge in [-0.3, -0.25) is 0 Å². The van der Waals surface area contributed by atoms with E-state index in [1.54, 1.807) is 0 Å². The number of hydrogen-bond acceptors (Lipinski definition) is 4. The second-order valence-corrected chi connectivity index (χ2v) is 4.06. The average molecular weight is 301 g/mol. The molecule has 0 bridgehead atoms. The van der Waals surface area contributed by atoms with E-state index >= 15 is 0 Å². The average Bonchev–Trinajstić information content (AvgIpc) is 2.22. The molecule has 2 rings (SSSR count). The molecular weight excluding hydrogens is 294 g/mol. The number of nitrogens with two attached hydrogens (primary N) is 1. The van der Waals surface area contributed by atoms with Gasteiger partial charge >= 0.3 is 0 Å². The van der Waals surface area contributed by atoms with Gasteiger partial charge in [-0.1, -0.05) is 0 Å². The van der Waals surface area contributed by atoms with E-state index in [9.17, 15) is 8.78 Å². The highest BCUT2D eigenvalue weighted by Gasteiger charge is 2.06. The molecule has 0 radical (unpaired) electrons. The van der Waals surface area contributed by atoms with Gasteiger partial charge in [0.15, 0.2) is 0 Å². The van der Waals surface area contributed by atoms with Crippen LogP contribution in [-0.2, 0) is 0 Å². The maximum atomic E-state index is 13.0. The summed E-state index contributed by atoms with van der Waals surface area (Å²) >= 11 is 3.19. The van der Waals surface area contributed by atoms with Crippen LogP contribution in [0.5, 0.6) is 0 Å². The van der Waals surface area contributed by atoms with Crippen molar-refractivity contribution in [2.45, 2.75) is 0 Å². The van der Waals surface area contributed by atoms with Gasteiger partial charge in [-0.2, -0.15) is 4.98 Å². The highest BCUT2D eigenvalue weighted by molar-refractivity contribution is 9.10. The predicted octanol–water partition coefficient (Wildman–Crippen LogP) is 2.84. The van der Waals surface area contributed by atoms with Crippen LogP contribution in [0.15, 0.2) is 28.9 Å². The normalized spacial score (nSPS) is 10.3. The first kappa shape index (κ1) is 11.7. The third-order valence-corrected chi connectivity index (χ3v) is 2.47. The molecule has 4 nitrogen and oxygen atoms in total. The lowest BCUT2D eigenvalue weighted by molar-refractivity contribution is 0.584. The Morgan fingerprint density at radius 1 is 1.18 bits per heavy atom. The molecule has 0 saturated carbocycles. The SMILES string of the molecule is Nc1ncc(Br)c(Nc2cc(F)cc(F)c2)n1. The van der Waals surface area contributed by atoms with Gasteiger partial charge in [-0.25, -0.2) is 13.8 Å². The lowest BCUT2D eigenvalue weighted by Gasteiger charge is -2.07. The van der Waals surface area contributed by atoms with Crippen molar-refractivity contribution in [3.8, 4) is 0 Å². The number of nitrogens with one attached hydrogen (secondary N) is 1. The van der Waals surface area contributed by atoms with Crippen LogP contribution in [0.3, 0.4) is 0 Å². The van der Waals surface area contributed by atoms with Gasteiger partial charge < -0.3 is 11.1 Å². The minimum atomic E-state index is -0.675. The number of halogens is 3. The molecular formula is C10H7BrF2N4.